The fourth-order valence-corrected chi connectivity index (χ4v) is 5.73. The number of nitrogens with one attached hydrogen (secondary N) is 2. The Kier molecular flexibility index (Phi) is 9.55. The second kappa shape index (κ2) is 13.1. The molecule has 4 aromatic rings. The molecule has 0 saturated heterocycles. The highest BCUT2D eigenvalue weighted by atomic mass is 32.1. The van der Waals surface area contributed by atoms with Gasteiger partial charge in [-0.3, -0.25) is 0 Å². The van der Waals surface area contributed by atoms with Crippen LogP contribution < -0.4 is 21.1 Å². The summed E-state index contributed by atoms with van der Waals surface area (Å²) in [6.07, 6.45) is 3.57. The molecule has 0 bridgehead atoms. The van der Waals surface area contributed by atoms with Gasteiger partial charge in [0.25, 0.3) is 0 Å². The standard InChI is InChI=1S/C21H26N4S.C11H11OP/c1-13-4-6-18-16(10-13)11-19(22)21(18)15(3)25-17-5-7-20(24-12-17)23-9-8-14(2)26;1-8-5-6-13-11-7-9(12-2)3-4-10(8)11/h4-7,10,12,14,25-26H,3,8-9,11,22H2,1-2H3,(H,23,24);3-7H,1-2H3. The number of fused-ring (bicyclic) bond motifs is 2. The first-order valence-electron chi connectivity index (χ1n) is 13.1. The molecule has 2 aromatic heterocycles. The van der Waals surface area contributed by atoms with E-state index in [0.29, 0.717) is 5.25 Å². The number of anilines is 2. The molecule has 2 heterocycles. The zero-order chi connectivity index (χ0) is 27.9. The molecule has 5 nitrogen and oxygen atoms in total. The normalized spacial score (nSPS) is 13.1. The molecule has 0 aliphatic heterocycles. The Hall–Kier alpha value is -3.47. The van der Waals surface area contributed by atoms with Gasteiger partial charge in [-0.1, -0.05) is 57.6 Å². The van der Waals surface area contributed by atoms with Crippen molar-refractivity contribution in [3.8, 4) is 5.75 Å². The smallest absolute Gasteiger partial charge is 0.126 e. The van der Waals surface area contributed by atoms with Gasteiger partial charge in [0, 0.05) is 40.3 Å². The van der Waals surface area contributed by atoms with Crippen molar-refractivity contribution in [3.63, 3.8) is 0 Å². The summed E-state index contributed by atoms with van der Waals surface area (Å²) < 4.78 is 5.18. The summed E-state index contributed by atoms with van der Waals surface area (Å²) in [6, 6.07) is 18.8. The van der Waals surface area contributed by atoms with Crippen molar-refractivity contribution in [2.45, 2.75) is 38.9 Å². The first-order valence-corrected chi connectivity index (χ1v) is 14.6. The molecular weight excluding hydrogens is 519 g/mol. The fourth-order valence-electron chi connectivity index (χ4n) is 4.55. The quantitative estimate of drug-likeness (QED) is 0.165. The molecule has 0 radical (unpaired) electrons. The van der Waals surface area contributed by atoms with Crippen molar-refractivity contribution in [2.24, 2.45) is 5.73 Å². The number of aryl methyl sites for hydroxylation is 2. The monoisotopic (exact) mass is 556 g/mol. The minimum Gasteiger partial charge on any atom is -0.497 e. The minimum atomic E-state index is 0.378. The first kappa shape index (κ1) is 28.5. The summed E-state index contributed by atoms with van der Waals surface area (Å²) in [5, 5.41) is 9.68. The van der Waals surface area contributed by atoms with Crippen LogP contribution in [0.2, 0.25) is 0 Å². The Morgan fingerprint density at radius 3 is 2.69 bits per heavy atom. The number of aromatic nitrogens is 1. The van der Waals surface area contributed by atoms with Gasteiger partial charge < -0.3 is 21.1 Å². The van der Waals surface area contributed by atoms with E-state index in [1.54, 1.807) is 13.3 Å². The van der Waals surface area contributed by atoms with Crippen molar-refractivity contribution in [2.75, 3.05) is 24.3 Å². The van der Waals surface area contributed by atoms with E-state index < -0.39 is 0 Å². The van der Waals surface area contributed by atoms with Gasteiger partial charge in [0.1, 0.15) is 11.6 Å². The first-order chi connectivity index (χ1) is 18.7. The summed E-state index contributed by atoms with van der Waals surface area (Å²) in [7, 11) is 2.96. The lowest BCUT2D eigenvalue weighted by Gasteiger charge is -2.14. The van der Waals surface area contributed by atoms with Crippen molar-refractivity contribution < 1.29 is 4.74 Å². The van der Waals surface area contributed by atoms with Crippen molar-refractivity contribution in [3.05, 3.63) is 107 Å². The lowest BCUT2D eigenvalue weighted by atomic mass is 10.0. The van der Waals surface area contributed by atoms with E-state index in [2.05, 4.69) is 97.8 Å². The van der Waals surface area contributed by atoms with E-state index in [4.69, 9.17) is 10.5 Å². The zero-order valence-electron chi connectivity index (χ0n) is 23.1. The molecule has 0 saturated carbocycles. The van der Waals surface area contributed by atoms with Crippen LogP contribution in [0.15, 0.2) is 84.6 Å². The third-order valence-corrected chi connectivity index (χ3v) is 7.83. The summed E-state index contributed by atoms with van der Waals surface area (Å²) in [6.45, 7) is 11.4. The SMILES string of the molecule is C=C(Nc1ccc(NCCC(C)S)nc1)C1=C(N)Cc2cc(C)ccc21.COc1ccc2c(C)ccpc2c1. The minimum absolute atomic E-state index is 0.378. The van der Waals surface area contributed by atoms with Crippen LogP contribution >= 0.6 is 20.8 Å². The largest absolute Gasteiger partial charge is 0.497 e. The van der Waals surface area contributed by atoms with Crippen LogP contribution in [-0.2, 0) is 6.42 Å². The van der Waals surface area contributed by atoms with Gasteiger partial charge in [-0.25, -0.2) is 4.98 Å². The third kappa shape index (κ3) is 7.35. The topological polar surface area (TPSA) is 72.2 Å². The molecule has 1 aliphatic rings. The number of thiol groups is 1. The van der Waals surface area contributed by atoms with E-state index in [1.807, 2.05) is 18.2 Å². The molecule has 5 rings (SSSR count). The second-order valence-electron chi connectivity index (χ2n) is 9.85. The van der Waals surface area contributed by atoms with Crippen LogP contribution in [0.3, 0.4) is 0 Å². The Morgan fingerprint density at radius 1 is 1.15 bits per heavy atom. The van der Waals surface area contributed by atoms with Gasteiger partial charge in [-0.2, -0.15) is 12.6 Å². The number of methoxy groups -OCH3 is 1. The second-order valence-corrected chi connectivity index (χ2v) is 11.8. The maximum atomic E-state index is 6.28. The molecule has 4 N–H and O–H groups in total. The van der Waals surface area contributed by atoms with Crippen molar-refractivity contribution >= 4 is 48.4 Å². The van der Waals surface area contributed by atoms with Crippen LogP contribution in [0.1, 0.15) is 35.6 Å². The number of ether oxygens (including phenoxy) is 1. The van der Waals surface area contributed by atoms with Gasteiger partial charge in [-0.05, 0) is 72.4 Å². The van der Waals surface area contributed by atoms with E-state index in [9.17, 15) is 0 Å². The predicted octanol–water partition coefficient (Wildman–Crippen LogP) is 8.10. The molecule has 202 valence electrons. The van der Waals surface area contributed by atoms with Crippen molar-refractivity contribution in [1.82, 2.24) is 4.98 Å². The van der Waals surface area contributed by atoms with Crippen LogP contribution in [0.25, 0.3) is 16.1 Å². The van der Waals surface area contributed by atoms with Crippen LogP contribution in [0.4, 0.5) is 11.5 Å². The summed E-state index contributed by atoms with van der Waals surface area (Å²) in [5.74, 6) is 3.96. The van der Waals surface area contributed by atoms with E-state index in [-0.39, 0.29) is 0 Å². The summed E-state index contributed by atoms with van der Waals surface area (Å²) in [4.78, 5) is 4.44. The number of benzene rings is 2. The molecular formula is C32H37N4OPS. The molecule has 0 fully saturated rings. The molecule has 39 heavy (non-hydrogen) atoms. The predicted molar refractivity (Wildman–Crippen MR) is 172 cm³/mol. The number of rotatable bonds is 8. The Balaban J connectivity index is 0.000000226. The van der Waals surface area contributed by atoms with Crippen LogP contribution in [0, 0.1) is 13.8 Å². The average molecular weight is 557 g/mol. The molecule has 1 unspecified atom stereocenters. The number of allylic oxidation sites excluding steroid dienone is 2. The Morgan fingerprint density at radius 2 is 1.97 bits per heavy atom. The van der Waals surface area contributed by atoms with Gasteiger partial charge in [0.05, 0.1) is 19.0 Å². The van der Waals surface area contributed by atoms with Crippen LogP contribution in [0.5, 0.6) is 5.75 Å². The Bertz CT molecular complexity index is 1500. The van der Waals surface area contributed by atoms with Gasteiger partial charge >= 0.3 is 0 Å². The average Bonchev–Trinajstić information content (AvgIpc) is 3.24. The number of nitrogens with two attached hydrogens (primary N) is 1. The third-order valence-electron chi connectivity index (χ3n) is 6.63. The van der Waals surface area contributed by atoms with Gasteiger partial charge in [0.15, 0.2) is 0 Å². The van der Waals surface area contributed by atoms with E-state index >= 15 is 0 Å². The highest BCUT2D eigenvalue weighted by Gasteiger charge is 2.22. The molecule has 0 spiro atoms. The summed E-state index contributed by atoms with van der Waals surface area (Å²) >= 11 is 4.38. The zero-order valence-corrected chi connectivity index (χ0v) is 24.9. The van der Waals surface area contributed by atoms with E-state index in [0.717, 1.165) is 59.2 Å². The van der Waals surface area contributed by atoms with Crippen LogP contribution in [-0.4, -0.2) is 23.9 Å². The number of hydrogen-bond donors (Lipinski definition) is 4. The fraction of sp³-hybridized carbons (Fsp3) is 0.250. The Labute approximate surface area is 239 Å². The van der Waals surface area contributed by atoms with E-state index in [1.165, 1.54) is 35.4 Å². The number of nitrogens with zero attached hydrogens (tertiary/aromatic N) is 1. The van der Waals surface area contributed by atoms with Crippen molar-refractivity contribution in [1.29, 1.82) is 0 Å². The maximum absolute atomic E-state index is 6.28. The highest BCUT2D eigenvalue weighted by molar-refractivity contribution is 7.80. The number of pyridine rings is 1. The lowest BCUT2D eigenvalue weighted by Crippen LogP contribution is -2.08. The molecule has 2 aromatic carbocycles. The maximum Gasteiger partial charge on any atom is 0.126 e. The van der Waals surface area contributed by atoms with Gasteiger partial charge in [0.2, 0.25) is 0 Å². The summed E-state index contributed by atoms with van der Waals surface area (Å²) in [5.41, 5.74) is 14.8. The highest BCUT2D eigenvalue weighted by Crippen LogP contribution is 2.35. The number of hydrogen-bond acceptors (Lipinski definition) is 6. The molecule has 0 amide bonds. The molecule has 7 heteroatoms. The molecule has 1 atom stereocenters. The lowest BCUT2D eigenvalue weighted by molar-refractivity contribution is 0.415. The van der Waals surface area contributed by atoms with Gasteiger partial charge in [-0.15, -0.1) is 0 Å². The molecule has 1 aliphatic carbocycles.